The molecular weight excluding hydrogens is 1520 g/mol. The van der Waals surface area contributed by atoms with Gasteiger partial charge in [0, 0.05) is 50.7 Å². The standard InChI is InChI=1S/C27H22Cl2N4.C19H18ClN3O5S.C18H33ClN2O5S.C16H32O2.ClH/c1-17(2)30-24-16-27-25(15-23(24)31-20-11-7-18(28)8-12-20)32-22-5-3-4-6-26(22)33(27)21-13-9-19(29)10-14-21;1-8-11(12(22-28-8)9-6-4-5-7-10(9)20)15(24)21-13-16(25)23-14(18(26)27)19(2,3)29-17(13)23;1-5-6-10-7-11(21(3)8-10)17(25)20-12(9(2)19)16-14(23)13(22)15(24)18(26-16)27-4;1-2-3-4-5-6-7-8-9-10-11-12-13-14-15-16(17)18;/h3-17,31H,1-2H3;4-7,13-14,17H,1-3H3,(H,21,24)(H,26,27);9-16,18,22-24H,5-8H2,1-4H3,(H,20,25);2-15H2,1H3,(H,17,18);1H/b30-24+;;;;/t;13-,14+,17-;9-,10+,11-,12+,13-,14+,15+,16+,18+;;/m.10../s1. The molecule has 0 spiro atoms. The van der Waals surface area contributed by atoms with Crippen molar-refractivity contribution in [3.05, 3.63) is 141 Å². The van der Waals surface area contributed by atoms with Gasteiger partial charge in [0.05, 0.1) is 55.9 Å². The van der Waals surface area contributed by atoms with E-state index in [1.54, 1.807) is 58.2 Å². The van der Waals surface area contributed by atoms with Gasteiger partial charge in [-0.1, -0.05) is 168 Å². The summed E-state index contributed by atoms with van der Waals surface area (Å²) in [7, 11) is 1.94. The number of anilines is 2. The largest absolute Gasteiger partial charge is 0.481 e. The number of carboxylic acids is 2. The number of rotatable bonds is 29. The zero-order valence-corrected chi connectivity index (χ0v) is 68.6. The summed E-state index contributed by atoms with van der Waals surface area (Å²) in [6.45, 7) is 16.3. The summed E-state index contributed by atoms with van der Waals surface area (Å²) in [5, 5.41) is 63.4. The van der Waals surface area contributed by atoms with Crippen LogP contribution in [0.5, 0.6) is 0 Å². The van der Waals surface area contributed by atoms with Crippen LogP contribution in [0, 0.1) is 12.8 Å². The number of carboxylic acid groups (broad SMARTS) is 2. The number of aromatic nitrogens is 3. The molecule has 12 atom stereocenters. The maximum atomic E-state index is 13.0. The molecule has 1 aromatic heterocycles. The monoisotopic (exact) mass is 1620 g/mol. The number of aliphatic carboxylic acids is 2. The number of aliphatic hydroxyl groups excluding tert-OH is 3. The van der Waals surface area contributed by atoms with Gasteiger partial charge in [0.25, 0.3) is 5.91 Å². The zero-order valence-electron chi connectivity index (χ0n) is 63.1. The lowest BCUT2D eigenvalue weighted by molar-refractivity contribution is -0.205. The van der Waals surface area contributed by atoms with Gasteiger partial charge in [0.15, 0.2) is 0 Å². The predicted octanol–water partition coefficient (Wildman–Crippen LogP) is 16.4. The Bertz CT molecular complexity index is 4110. The number of hydrogen-bond donors (Lipinski definition) is 8. The fourth-order valence-corrected chi connectivity index (χ4v) is 17.1. The second kappa shape index (κ2) is 42.5. The van der Waals surface area contributed by atoms with Crippen molar-refractivity contribution in [2.75, 3.05) is 25.2 Å². The van der Waals surface area contributed by atoms with Crippen LogP contribution in [-0.2, 0) is 23.9 Å². The van der Waals surface area contributed by atoms with E-state index >= 15 is 0 Å². The number of likely N-dealkylation sites (N-methyl/N-ethyl adjacent to an activating group) is 1. The molecule has 4 aromatic carbocycles. The summed E-state index contributed by atoms with van der Waals surface area (Å²) in [4.78, 5) is 73.7. The summed E-state index contributed by atoms with van der Waals surface area (Å²) < 4.78 is 12.5. The highest BCUT2D eigenvalue weighted by atomic mass is 35.5. The highest BCUT2D eigenvalue weighted by molar-refractivity contribution is 8.01. The number of fused-ring (bicyclic) bond motifs is 3. The van der Waals surface area contributed by atoms with E-state index in [1.165, 1.54) is 99.1 Å². The molecule has 108 heavy (non-hydrogen) atoms. The average molecular weight is 1630 g/mol. The number of para-hydroxylation sites is 2. The fourth-order valence-electron chi connectivity index (χ4n) is 14.1. The number of unbranched alkanes of at least 4 members (excludes halogenated alkanes) is 12. The number of benzene rings is 5. The van der Waals surface area contributed by atoms with E-state index in [9.17, 15) is 44.4 Å². The highest BCUT2D eigenvalue weighted by Crippen LogP contribution is 2.51. The molecule has 0 bridgehead atoms. The maximum Gasteiger partial charge on any atom is 0.327 e. The smallest absolute Gasteiger partial charge is 0.327 e. The summed E-state index contributed by atoms with van der Waals surface area (Å²) in [5.74, 6) is -2.00. The van der Waals surface area contributed by atoms with Crippen LogP contribution in [0.25, 0.3) is 39.4 Å². The fraction of sp³-hybridized carbons (Fsp3) is 0.525. The average Bonchev–Trinajstić information content (AvgIpc) is 1.52. The number of carbonyl (C=O) groups is 5. The number of halogens is 5. The number of amides is 3. The van der Waals surface area contributed by atoms with Crippen LogP contribution in [0.2, 0.25) is 15.1 Å². The zero-order chi connectivity index (χ0) is 77.8. The quantitative estimate of drug-likeness (QED) is 0.00935. The Morgan fingerprint density at radius 3 is 1.97 bits per heavy atom. The first kappa shape index (κ1) is 89.0. The Hall–Kier alpha value is -6.19. The van der Waals surface area contributed by atoms with Gasteiger partial charge in [0.2, 0.25) is 11.8 Å². The predicted molar refractivity (Wildman–Crippen MR) is 437 cm³/mol. The third-order valence-electron chi connectivity index (χ3n) is 19.6. The number of β-lactam (4-membered cyclic amide) rings is 1. The lowest BCUT2D eigenvalue weighted by atomic mass is 9.92. The molecule has 6 heterocycles. The summed E-state index contributed by atoms with van der Waals surface area (Å²) in [6, 6.07) is 32.2. The minimum absolute atomic E-state index is 0. The lowest BCUT2D eigenvalue weighted by Crippen LogP contribution is -2.70. The molecule has 0 saturated carbocycles. The molecule has 0 radical (unpaired) electrons. The molecule has 21 nitrogen and oxygen atoms in total. The first-order valence-corrected chi connectivity index (χ1v) is 40.9. The third-order valence-corrected chi connectivity index (χ3v) is 23.1. The topological polar surface area (TPSA) is 295 Å². The molecular formula is C80H106Cl5N9O12S2. The molecule has 4 saturated heterocycles. The molecule has 1 aliphatic carbocycles. The molecule has 4 fully saturated rings. The van der Waals surface area contributed by atoms with E-state index in [1.807, 2.05) is 78.7 Å². The lowest BCUT2D eigenvalue weighted by Gasteiger charge is -2.44. The highest BCUT2D eigenvalue weighted by Gasteiger charge is 2.64. The van der Waals surface area contributed by atoms with Crippen molar-refractivity contribution >= 4 is 134 Å². The Labute approximate surface area is 669 Å². The molecule has 11 rings (SSSR count). The van der Waals surface area contributed by atoms with Crippen molar-refractivity contribution < 1.29 is 58.8 Å². The summed E-state index contributed by atoms with van der Waals surface area (Å²) in [6.07, 6.45) is 17.2. The minimum Gasteiger partial charge on any atom is -0.481 e. The van der Waals surface area contributed by atoms with E-state index < -0.39 is 87.2 Å². The van der Waals surface area contributed by atoms with Crippen molar-refractivity contribution in [3.8, 4) is 28.3 Å². The van der Waals surface area contributed by atoms with Crippen LogP contribution in [0.15, 0.2) is 119 Å². The number of nitrogens with zero attached hydrogens (tertiary/aromatic N) is 6. The third kappa shape index (κ3) is 23.5. The maximum absolute atomic E-state index is 13.0. The number of aryl methyl sites for hydroxylation is 1. The molecule has 5 aliphatic heterocycles. The van der Waals surface area contributed by atoms with Crippen LogP contribution in [0.3, 0.4) is 0 Å². The van der Waals surface area contributed by atoms with Gasteiger partial charge in [-0.2, -0.15) is 0 Å². The van der Waals surface area contributed by atoms with E-state index in [4.69, 9.17) is 70.7 Å². The summed E-state index contributed by atoms with van der Waals surface area (Å²) >= 11 is 27.4. The molecule has 8 N–H and O–H groups in total. The van der Waals surface area contributed by atoms with E-state index in [0.717, 1.165) is 83.5 Å². The second-order valence-corrected chi connectivity index (χ2v) is 33.4. The number of nitrogens with one attached hydrogen (secondary N) is 3. The van der Waals surface area contributed by atoms with Crippen LogP contribution in [0.1, 0.15) is 174 Å². The van der Waals surface area contributed by atoms with Crippen molar-refractivity contribution in [3.63, 3.8) is 0 Å². The van der Waals surface area contributed by atoms with E-state index in [0.29, 0.717) is 38.7 Å². The van der Waals surface area contributed by atoms with Crippen molar-refractivity contribution in [1.82, 2.24) is 35.1 Å². The Morgan fingerprint density at radius 2 is 1.39 bits per heavy atom. The van der Waals surface area contributed by atoms with Crippen molar-refractivity contribution in [2.24, 2.45) is 10.9 Å². The number of likely N-dealkylation sites (tertiary alicyclic amines) is 1. The van der Waals surface area contributed by atoms with Gasteiger partial charge in [-0.25, -0.2) is 9.78 Å². The Kier molecular flexibility index (Phi) is 35.0. The van der Waals surface area contributed by atoms with E-state index in [-0.39, 0.29) is 41.7 Å². The van der Waals surface area contributed by atoms with Crippen LogP contribution < -0.4 is 21.3 Å². The second-order valence-electron chi connectivity index (χ2n) is 28.7. The number of aliphatic hydroxyl groups is 3. The molecule has 5 aromatic rings. The molecule has 28 heteroatoms. The SMILES string of the molecule is CC(C)/N=c1\cc2n(-c3ccc(Cl)cc3)c3ccccc3nc-2cc1Nc1ccc(Cl)cc1.CCCCCCCCCCCCCCCC(=O)O.CCC[C@@H]1C[C@@H](C(=O)N[C@@H]([C@H]2O[C@H](SC)[C@H](O)[C@@H](O)[C@H]2O)[C@H](C)Cl)N(C)C1.Cc1onc(-c2ccccc2Cl)c1C(=O)N[C@@H]1C(=O)N2[C@@H]1SC(C)(C)[C@@H]2C(=O)O.Cl. The molecule has 3 amide bonds. The normalized spacial score (nSPS) is 22.1. The molecule has 6 aliphatic rings. The van der Waals surface area contributed by atoms with Crippen molar-refractivity contribution in [2.45, 2.75) is 240 Å². The van der Waals surface area contributed by atoms with Crippen LogP contribution in [-0.4, -0.2) is 175 Å². The van der Waals surface area contributed by atoms with E-state index in [2.05, 4.69) is 71.6 Å². The number of ether oxygens (including phenoxy) is 1. The van der Waals surface area contributed by atoms with Gasteiger partial charge in [-0.05, 0) is 159 Å². The van der Waals surface area contributed by atoms with Crippen LogP contribution >= 0.6 is 82.3 Å². The van der Waals surface area contributed by atoms with Crippen molar-refractivity contribution in [1.29, 1.82) is 0 Å². The van der Waals surface area contributed by atoms with Gasteiger partial charge < -0.3 is 60.2 Å². The molecule has 590 valence electrons. The number of hydrogen-bond acceptors (Lipinski definition) is 17. The first-order chi connectivity index (χ1) is 51.1. The Balaban J connectivity index is 0.000000204. The van der Waals surface area contributed by atoms with Gasteiger partial charge in [-0.15, -0.1) is 47.5 Å². The van der Waals surface area contributed by atoms with Gasteiger partial charge >= 0.3 is 11.9 Å². The minimum atomic E-state index is -1.36. The van der Waals surface area contributed by atoms with Gasteiger partial charge in [0.1, 0.15) is 64.3 Å². The number of thioether (sulfide) groups is 2. The first-order valence-electron chi connectivity index (χ1n) is 37.2. The Morgan fingerprint density at radius 1 is 0.787 bits per heavy atom. The summed E-state index contributed by atoms with van der Waals surface area (Å²) in [5.41, 5.74) is 6.92. The number of alkyl halides is 1. The van der Waals surface area contributed by atoms with Crippen LogP contribution in [0.4, 0.5) is 11.4 Å². The number of carbonyl (C=O) groups excluding carboxylic acids is 3. The molecule has 0 unspecified atom stereocenters. The van der Waals surface area contributed by atoms with Gasteiger partial charge in [-0.3, -0.25) is 29.1 Å².